The molecule has 0 spiro atoms. The molecule has 0 radical (unpaired) electrons. The van der Waals surface area contributed by atoms with E-state index in [-0.39, 0.29) is 0 Å². The second kappa shape index (κ2) is 6.99. The molecule has 4 nitrogen and oxygen atoms in total. The van der Waals surface area contributed by atoms with Gasteiger partial charge in [-0.1, -0.05) is 18.2 Å². The number of para-hydroxylation sites is 1. The molecular formula is C17H21NO3. The molecule has 0 aliphatic rings. The Kier molecular flexibility index (Phi) is 5.06. The summed E-state index contributed by atoms with van der Waals surface area (Å²) in [7, 11) is 3.27. The van der Waals surface area contributed by atoms with Gasteiger partial charge in [-0.15, -0.1) is 0 Å². The fraction of sp³-hybridized carbons (Fsp3) is 0.294. The van der Waals surface area contributed by atoms with Crippen LogP contribution in [0.15, 0.2) is 42.5 Å². The average Bonchev–Trinajstić information content (AvgIpc) is 2.52. The van der Waals surface area contributed by atoms with Crippen molar-refractivity contribution >= 4 is 5.69 Å². The predicted octanol–water partition coefficient (Wildman–Crippen LogP) is 3.37. The van der Waals surface area contributed by atoms with Crippen LogP contribution in [0.2, 0.25) is 0 Å². The first-order valence-electron chi connectivity index (χ1n) is 6.87. The van der Waals surface area contributed by atoms with Gasteiger partial charge in [-0.3, -0.25) is 0 Å². The van der Waals surface area contributed by atoms with Gasteiger partial charge >= 0.3 is 0 Å². The van der Waals surface area contributed by atoms with Crippen LogP contribution < -0.4 is 14.8 Å². The molecule has 112 valence electrons. The summed E-state index contributed by atoms with van der Waals surface area (Å²) in [4.78, 5) is 0. The van der Waals surface area contributed by atoms with Crippen LogP contribution in [0.4, 0.5) is 5.69 Å². The number of methoxy groups -OCH3 is 2. The van der Waals surface area contributed by atoms with Gasteiger partial charge in [0, 0.05) is 29.4 Å². The smallest absolute Gasteiger partial charge is 0.127 e. The molecule has 2 aromatic carbocycles. The van der Waals surface area contributed by atoms with Gasteiger partial charge < -0.3 is 19.9 Å². The monoisotopic (exact) mass is 287 g/mol. The van der Waals surface area contributed by atoms with E-state index >= 15 is 0 Å². The minimum atomic E-state index is -0.508. The highest BCUT2D eigenvalue weighted by Crippen LogP contribution is 2.27. The summed E-state index contributed by atoms with van der Waals surface area (Å²) in [5, 5.41) is 13.1. The van der Waals surface area contributed by atoms with E-state index in [2.05, 4.69) is 5.32 Å². The van der Waals surface area contributed by atoms with Crippen molar-refractivity contribution < 1.29 is 14.6 Å². The third-order valence-electron chi connectivity index (χ3n) is 3.37. The van der Waals surface area contributed by atoms with Crippen molar-refractivity contribution in [3.63, 3.8) is 0 Å². The van der Waals surface area contributed by atoms with Gasteiger partial charge in [0.2, 0.25) is 0 Å². The lowest BCUT2D eigenvalue weighted by Crippen LogP contribution is -2.05. The predicted molar refractivity (Wildman–Crippen MR) is 83.9 cm³/mol. The molecule has 2 aromatic rings. The molecule has 2 rings (SSSR count). The zero-order valence-corrected chi connectivity index (χ0v) is 12.6. The highest BCUT2D eigenvalue weighted by atomic mass is 16.5. The first kappa shape index (κ1) is 15.2. The summed E-state index contributed by atoms with van der Waals surface area (Å²) < 4.78 is 10.6. The Hall–Kier alpha value is -2.20. The fourth-order valence-electron chi connectivity index (χ4n) is 2.21. The van der Waals surface area contributed by atoms with Crippen LogP contribution in [-0.4, -0.2) is 19.3 Å². The van der Waals surface area contributed by atoms with Gasteiger partial charge in [-0.05, 0) is 25.1 Å². The van der Waals surface area contributed by atoms with E-state index in [1.165, 1.54) is 0 Å². The van der Waals surface area contributed by atoms with E-state index in [0.29, 0.717) is 6.54 Å². The van der Waals surface area contributed by atoms with Gasteiger partial charge in [0.1, 0.15) is 11.5 Å². The first-order valence-corrected chi connectivity index (χ1v) is 6.87. The standard InChI is InChI=1S/C17H21NO3/c1-12(19)15-6-4-5-7-16(15)18-11-13-8-9-14(20-2)10-17(13)21-3/h4-10,12,18-19H,11H2,1-3H3. The first-order chi connectivity index (χ1) is 10.2. The summed E-state index contributed by atoms with van der Waals surface area (Å²) >= 11 is 0. The van der Waals surface area contributed by atoms with Crippen molar-refractivity contribution in [3.05, 3.63) is 53.6 Å². The minimum absolute atomic E-state index is 0.508. The molecule has 0 saturated carbocycles. The third-order valence-corrected chi connectivity index (χ3v) is 3.37. The van der Waals surface area contributed by atoms with Crippen LogP contribution in [0, 0.1) is 0 Å². The van der Waals surface area contributed by atoms with Gasteiger partial charge in [0.15, 0.2) is 0 Å². The van der Waals surface area contributed by atoms with Gasteiger partial charge in [0.05, 0.1) is 20.3 Å². The van der Waals surface area contributed by atoms with E-state index in [1.807, 2.05) is 42.5 Å². The van der Waals surface area contributed by atoms with Crippen molar-refractivity contribution in [1.82, 2.24) is 0 Å². The lowest BCUT2D eigenvalue weighted by Gasteiger charge is -2.15. The maximum atomic E-state index is 9.79. The summed E-state index contributed by atoms with van der Waals surface area (Å²) in [5.41, 5.74) is 2.83. The van der Waals surface area contributed by atoms with Crippen LogP contribution in [0.25, 0.3) is 0 Å². The van der Waals surface area contributed by atoms with Gasteiger partial charge in [-0.25, -0.2) is 0 Å². The molecule has 1 atom stereocenters. The third kappa shape index (κ3) is 3.67. The molecule has 1 unspecified atom stereocenters. The lowest BCUT2D eigenvalue weighted by atomic mass is 10.1. The molecule has 0 aromatic heterocycles. The summed E-state index contributed by atoms with van der Waals surface area (Å²) in [6.45, 7) is 2.37. The topological polar surface area (TPSA) is 50.7 Å². The normalized spacial score (nSPS) is 11.8. The minimum Gasteiger partial charge on any atom is -0.497 e. The number of nitrogens with one attached hydrogen (secondary N) is 1. The highest BCUT2D eigenvalue weighted by molar-refractivity contribution is 5.53. The Labute approximate surface area is 125 Å². The second-order valence-electron chi connectivity index (χ2n) is 4.79. The SMILES string of the molecule is COc1ccc(CNc2ccccc2C(C)O)c(OC)c1. The summed E-state index contributed by atoms with van der Waals surface area (Å²) in [6.07, 6.45) is -0.508. The van der Waals surface area contributed by atoms with Crippen LogP contribution in [-0.2, 0) is 6.54 Å². The maximum absolute atomic E-state index is 9.79. The molecule has 0 fully saturated rings. The zero-order valence-electron chi connectivity index (χ0n) is 12.6. The number of rotatable bonds is 6. The number of ether oxygens (including phenoxy) is 2. The number of aliphatic hydroxyl groups excluding tert-OH is 1. The number of anilines is 1. The lowest BCUT2D eigenvalue weighted by molar-refractivity contribution is 0.200. The van der Waals surface area contributed by atoms with E-state index in [0.717, 1.165) is 28.3 Å². The molecule has 0 heterocycles. The van der Waals surface area contributed by atoms with Crippen molar-refractivity contribution in [3.8, 4) is 11.5 Å². The molecule has 21 heavy (non-hydrogen) atoms. The quantitative estimate of drug-likeness (QED) is 0.855. The maximum Gasteiger partial charge on any atom is 0.127 e. The summed E-state index contributed by atoms with van der Waals surface area (Å²) in [5.74, 6) is 1.54. The molecule has 0 saturated heterocycles. The van der Waals surface area contributed by atoms with Gasteiger partial charge in [0.25, 0.3) is 0 Å². The fourth-order valence-corrected chi connectivity index (χ4v) is 2.21. The number of hydrogen-bond acceptors (Lipinski definition) is 4. The highest BCUT2D eigenvalue weighted by Gasteiger charge is 2.09. The average molecular weight is 287 g/mol. The second-order valence-corrected chi connectivity index (χ2v) is 4.79. The van der Waals surface area contributed by atoms with Gasteiger partial charge in [-0.2, -0.15) is 0 Å². The molecule has 0 amide bonds. The Bertz CT molecular complexity index is 596. The van der Waals surface area contributed by atoms with Crippen LogP contribution in [0.5, 0.6) is 11.5 Å². The summed E-state index contributed by atoms with van der Waals surface area (Å²) in [6, 6.07) is 13.5. The Morgan fingerprint density at radius 1 is 1.10 bits per heavy atom. The number of aliphatic hydroxyl groups is 1. The Morgan fingerprint density at radius 2 is 1.86 bits per heavy atom. The largest absolute Gasteiger partial charge is 0.497 e. The zero-order chi connectivity index (χ0) is 15.2. The van der Waals surface area contributed by atoms with E-state index < -0.39 is 6.10 Å². The molecule has 4 heteroatoms. The van der Waals surface area contributed by atoms with Crippen LogP contribution in [0.3, 0.4) is 0 Å². The molecule has 2 N–H and O–H groups in total. The Balaban J connectivity index is 2.17. The van der Waals surface area contributed by atoms with Crippen LogP contribution in [0.1, 0.15) is 24.2 Å². The van der Waals surface area contributed by atoms with Crippen LogP contribution >= 0.6 is 0 Å². The van der Waals surface area contributed by atoms with Crippen molar-refractivity contribution in [1.29, 1.82) is 0 Å². The molecule has 0 aliphatic heterocycles. The molecular weight excluding hydrogens is 266 g/mol. The molecule has 0 aliphatic carbocycles. The van der Waals surface area contributed by atoms with E-state index in [1.54, 1.807) is 21.1 Å². The van der Waals surface area contributed by atoms with Crippen molar-refractivity contribution in [2.45, 2.75) is 19.6 Å². The van der Waals surface area contributed by atoms with Crippen molar-refractivity contribution in [2.24, 2.45) is 0 Å². The Morgan fingerprint density at radius 3 is 2.52 bits per heavy atom. The van der Waals surface area contributed by atoms with Crippen molar-refractivity contribution in [2.75, 3.05) is 19.5 Å². The number of benzene rings is 2. The molecule has 0 bridgehead atoms. The van der Waals surface area contributed by atoms with E-state index in [9.17, 15) is 5.11 Å². The van der Waals surface area contributed by atoms with E-state index in [4.69, 9.17) is 9.47 Å². The number of hydrogen-bond donors (Lipinski definition) is 2.